The number of likely N-dealkylation sites (N-methyl/N-ethyl adjacent to an activating group) is 1. The van der Waals surface area contributed by atoms with Gasteiger partial charge in [0.25, 0.3) is 5.91 Å². The van der Waals surface area contributed by atoms with E-state index < -0.39 is 0 Å². The Morgan fingerprint density at radius 2 is 2.24 bits per heavy atom. The Kier molecular flexibility index (Phi) is 3.68. The lowest BCUT2D eigenvalue weighted by atomic mass is 9.99. The maximum absolute atomic E-state index is 12.8. The molecule has 1 aliphatic rings. The van der Waals surface area contributed by atoms with E-state index >= 15 is 0 Å². The highest BCUT2D eigenvalue weighted by atomic mass is 16.2. The minimum atomic E-state index is 0.0831. The smallest absolute Gasteiger partial charge is 0.270 e. The van der Waals surface area contributed by atoms with E-state index in [0.717, 1.165) is 30.7 Å². The lowest BCUT2D eigenvalue weighted by Crippen LogP contribution is -2.56. The van der Waals surface area contributed by atoms with Crippen LogP contribution in [-0.4, -0.2) is 58.4 Å². The average Bonchev–Trinajstić information content (AvgIpc) is 2.90. The minimum absolute atomic E-state index is 0.0831. The largest absolute Gasteiger partial charge is 0.335 e. The van der Waals surface area contributed by atoms with Crippen molar-refractivity contribution >= 4 is 16.9 Å². The van der Waals surface area contributed by atoms with Crippen molar-refractivity contribution in [3.63, 3.8) is 0 Å². The molecule has 0 unspecified atom stereocenters. The van der Waals surface area contributed by atoms with Crippen LogP contribution in [0.2, 0.25) is 0 Å². The fraction of sp³-hybridized carbons (Fsp3) is 0.500. The number of H-pyrrole nitrogens is 1. The molecular weight excluding hydrogens is 264 g/mol. The fourth-order valence-corrected chi connectivity index (χ4v) is 3.00. The Balaban J connectivity index is 1.89. The zero-order valence-electron chi connectivity index (χ0n) is 12.8. The number of hydrogen-bond donors (Lipinski definition) is 1. The summed E-state index contributed by atoms with van der Waals surface area (Å²) in [6.07, 6.45) is 1.74. The summed E-state index contributed by atoms with van der Waals surface area (Å²) in [7, 11) is 2.12. The van der Waals surface area contributed by atoms with Crippen LogP contribution in [0.25, 0.3) is 11.0 Å². The Labute approximate surface area is 125 Å². The molecular formula is C16H22N4O. The van der Waals surface area contributed by atoms with Crippen LogP contribution in [0.3, 0.4) is 0 Å². The Hall–Kier alpha value is -1.88. The Morgan fingerprint density at radius 1 is 1.43 bits per heavy atom. The first-order valence-corrected chi connectivity index (χ1v) is 7.49. The molecule has 5 nitrogen and oxygen atoms in total. The first kappa shape index (κ1) is 14.1. The quantitative estimate of drug-likeness (QED) is 0.918. The van der Waals surface area contributed by atoms with Crippen molar-refractivity contribution in [1.82, 2.24) is 19.8 Å². The molecule has 0 aliphatic carbocycles. The van der Waals surface area contributed by atoms with Crippen molar-refractivity contribution < 1.29 is 4.79 Å². The molecule has 2 aromatic heterocycles. The van der Waals surface area contributed by atoms with Crippen molar-refractivity contribution in [2.24, 2.45) is 5.92 Å². The lowest BCUT2D eigenvalue weighted by molar-refractivity contribution is 0.0398. The second kappa shape index (κ2) is 5.48. The van der Waals surface area contributed by atoms with E-state index in [1.165, 1.54) is 0 Å². The van der Waals surface area contributed by atoms with Crippen LogP contribution in [0.4, 0.5) is 0 Å². The first-order valence-electron chi connectivity index (χ1n) is 7.49. The third-order valence-corrected chi connectivity index (χ3v) is 4.27. The van der Waals surface area contributed by atoms with E-state index in [2.05, 4.69) is 35.8 Å². The Morgan fingerprint density at radius 3 is 2.95 bits per heavy atom. The van der Waals surface area contributed by atoms with Crippen LogP contribution in [0.1, 0.15) is 24.3 Å². The number of rotatable bonds is 2. The van der Waals surface area contributed by atoms with Crippen LogP contribution in [0.5, 0.6) is 0 Å². The number of piperazine rings is 1. The highest BCUT2D eigenvalue weighted by Crippen LogP contribution is 2.20. The summed E-state index contributed by atoms with van der Waals surface area (Å²) in [6.45, 7) is 6.99. The molecule has 3 heterocycles. The molecule has 0 bridgehead atoms. The molecule has 21 heavy (non-hydrogen) atoms. The lowest BCUT2D eigenvalue weighted by Gasteiger charge is -2.42. The van der Waals surface area contributed by atoms with E-state index in [4.69, 9.17) is 0 Å². The molecule has 0 aromatic carbocycles. The Bertz CT molecular complexity index is 616. The van der Waals surface area contributed by atoms with E-state index in [9.17, 15) is 4.79 Å². The summed E-state index contributed by atoms with van der Waals surface area (Å²) in [4.78, 5) is 24.5. The third kappa shape index (κ3) is 2.65. The van der Waals surface area contributed by atoms with E-state index in [1.807, 2.05) is 23.1 Å². The molecule has 0 saturated carbocycles. The number of carbonyl (C=O) groups is 1. The van der Waals surface area contributed by atoms with Crippen LogP contribution < -0.4 is 0 Å². The maximum Gasteiger partial charge on any atom is 0.270 e. The van der Waals surface area contributed by atoms with Crippen LogP contribution in [-0.2, 0) is 0 Å². The average molecular weight is 286 g/mol. The van der Waals surface area contributed by atoms with Gasteiger partial charge in [0.2, 0.25) is 0 Å². The maximum atomic E-state index is 12.8. The third-order valence-electron chi connectivity index (χ3n) is 4.27. The predicted octanol–water partition coefficient (Wildman–Crippen LogP) is 1.98. The molecule has 1 atom stereocenters. The van der Waals surface area contributed by atoms with Gasteiger partial charge in [0.1, 0.15) is 11.3 Å². The molecule has 0 spiro atoms. The number of pyridine rings is 1. The van der Waals surface area contributed by atoms with E-state index in [1.54, 1.807) is 6.20 Å². The molecule has 1 N–H and O–H groups in total. The molecule has 3 rings (SSSR count). The zero-order valence-corrected chi connectivity index (χ0v) is 12.8. The van der Waals surface area contributed by atoms with E-state index in [-0.39, 0.29) is 11.9 Å². The van der Waals surface area contributed by atoms with Gasteiger partial charge in [-0.1, -0.05) is 13.8 Å². The summed E-state index contributed by atoms with van der Waals surface area (Å²) >= 11 is 0. The number of hydrogen-bond acceptors (Lipinski definition) is 3. The topological polar surface area (TPSA) is 52.2 Å². The second-order valence-electron chi connectivity index (χ2n) is 6.20. The van der Waals surface area contributed by atoms with Gasteiger partial charge in [-0.05, 0) is 31.2 Å². The van der Waals surface area contributed by atoms with Gasteiger partial charge in [-0.2, -0.15) is 0 Å². The fourth-order valence-electron chi connectivity index (χ4n) is 3.00. The molecule has 1 saturated heterocycles. The van der Waals surface area contributed by atoms with Gasteiger partial charge in [0.05, 0.1) is 0 Å². The van der Waals surface area contributed by atoms with Crippen molar-refractivity contribution in [1.29, 1.82) is 0 Å². The van der Waals surface area contributed by atoms with Gasteiger partial charge >= 0.3 is 0 Å². The van der Waals surface area contributed by atoms with Gasteiger partial charge in [0, 0.05) is 37.3 Å². The molecule has 2 aromatic rings. The molecule has 0 radical (unpaired) electrons. The number of carbonyl (C=O) groups excluding carboxylic acids is 1. The summed E-state index contributed by atoms with van der Waals surface area (Å²) < 4.78 is 0. The predicted molar refractivity (Wildman–Crippen MR) is 83.3 cm³/mol. The highest BCUT2D eigenvalue weighted by Gasteiger charge is 2.32. The van der Waals surface area contributed by atoms with Crippen LogP contribution in [0.15, 0.2) is 24.4 Å². The van der Waals surface area contributed by atoms with Crippen LogP contribution in [0, 0.1) is 5.92 Å². The van der Waals surface area contributed by atoms with Gasteiger partial charge in [-0.25, -0.2) is 4.98 Å². The van der Waals surface area contributed by atoms with Gasteiger partial charge < -0.3 is 14.8 Å². The van der Waals surface area contributed by atoms with Crippen molar-refractivity contribution in [2.75, 3.05) is 26.7 Å². The van der Waals surface area contributed by atoms with Crippen LogP contribution >= 0.6 is 0 Å². The van der Waals surface area contributed by atoms with Gasteiger partial charge in [-0.3, -0.25) is 4.79 Å². The first-order chi connectivity index (χ1) is 10.1. The minimum Gasteiger partial charge on any atom is -0.335 e. The number of nitrogens with zero attached hydrogens (tertiary/aromatic N) is 3. The molecule has 1 amide bonds. The highest BCUT2D eigenvalue weighted by molar-refractivity contribution is 5.97. The summed E-state index contributed by atoms with van der Waals surface area (Å²) in [5.41, 5.74) is 1.41. The summed E-state index contributed by atoms with van der Waals surface area (Å²) in [6, 6.07) is 6.02. The van der Waals surface area contributed by atoms with Crippen molar-refractivity contribution in [2.45, 2.75) is 19.9 Å². The van der Waals surface area contributed by atoms with Gasteiger partial charge in [-0.15, -0.1) is 0 Å². The number of aromatic nitrogens is 2. The summed E-state index contributed by atoms with van der Waals surface area (Å²) in [5, 5.41) is 0.982. The molecule has 112 valence electrons. The summed E-state index contributed by atoms with van der Waals surface area (Å²) in [5.74, 6) is 0.527. The second-order valence-corrected chi connectivity index (χ2v) is 6.20. The molecule has 1 aliphatic heterocycles. The number of nitrogens with one attached hydrogen (secondary N) is 1. The van der Waals surface area contributed by atoms with Crippen molar-refractivity contribution in [3.8, 4) is 0 Å². The standard InChI is InChI=1S/C16H22N4O/c1-11(2)14-10-19(3)7-8-20(14)16(21)13-9-12-5-4-6-17-15(12)18-13/h4-6,9,11,14H,7-8,10H2,1-3H3,(H,17,18)/t14-/m0/s1. The molecule has 1 fully saturated rings. The number of aromatic amines is 1. The monoisotopic (exact) mass is 286 g/mol. The SMILES string of the molecule is CC(C)[C@@H]1CN(C)CCN1C(=O)c1cc2cccnc2[nH]1. The normalized spacial score (nSPS) is 20.4. The van der Waals surface area contributed by atoms with Crippen molar-refractivity contribution in [3.05, 3.63) is 30.1 Å². The van der Waals surface area contributed by atoms with Gasteiger partial charge in [0.15, 0.2) is 0 Å². The zero-order chi connectivity index (χ0) is 15.0. The number of fused-ring (bicyclic) bond motifs is 1. The van der Waals surface area contributed by atoms with E-state index in [0.29, 0.717) is 11.6 Å². The molecule has 5 heteroatoms. The number of amides is 1.